The first kappa shape index (κ1) is 10.5. The molecular formula is C11H15N5. The fourth-order valence-electron chi connectivity index (χ4n) is 1.58. The summed E-state index contributed by atoms with van der Waals surface area (Å²) in [6.07, 6.45) is 6.19. The lowest BCUT2D eigenvalue weighted by Gasteiger charge is -2.05. The van der Waals surface area contributed by atoms with Gasteiger partial charge in [-0.15, -0.1) is 0 Å². The van der Waals surface area contributed by atoms with Crippen LogP contribution in [0.4, 0.5) is 17.1 Å². The Morgan fingerprint density at radius 1 is 1.44 bits per heavy atom. The first-order valence-electron chi connectivity index (χ1n) is 5.19. The molecule has 0 amide bonds. The molecular weight excluding hydrogens is 202 g/mol. The first-order valence-corrected chi connectivity index (χ1v) is 5.19. The SMILES string of the molecule is CCc1nn(C)cc1Nc1cncc(N)c1. The monoisotopic (exact) mass is 217 g/mol. The lowest BCUT2D eigenvalue weighted by Crippen LogP contribution is -1.95. The molecule has 0 spiro atoms. The molecule has 0 atom stereocenters. The van der Waals surface area contributed by atoms with E-state index in [1.807, 2.05) is 19.3 Å². The maximum Gasteiger partial charge on any atom is 0.0856 e. The van der Waals surface area contributed by atoms with Crippen LogP contribution in [0.5, 0.6) is 0 Å². The highest BCUT2D eigenvalue weighted by Gasteiger charge is 2.05. The predicted octanol–water partition coefficient (Wildman–Crippen LogP) is 1.70. The maximum absolute atomic E-state index is 5.66. The topological polar surface area (TPSA) is 68.8 Å². The van der Waals surface area contributed by atoms with Crippen LogP contribution in [0.2, 0.25) is 0 Å². The van der Waals surface area contributed by atoms with Crippen molar-refractivity contribution in [3.63, 3.8) is 0 Å². The van der Waals surface area contributed by atoms with Crippen molar-refractivity contribution < 1.29 is 0 Å². The van der Waals surface area contributed by atoms with Gasteiger partial charge in [0.2, 0.25) is 0 Å². The van der Waals surface area contributed by atoms with Crippen LogP contribution < -0.4 is 11.1 Å². The van der Waals surface area contributed by atoms with Crippen LogP contribution >= 0.6 is 0 Å². The summed E-state index contributed by atoms with van der Waals surface area (Å²) in [6.45, 7) is 2.07. The number of hydrogen-bond acceptors (Lipinski definition) is 4. The summed E-state index contributed by atoms with van der Waals surface area (Å²) in [7, 11) is 1.90. The minimum Gasteiger partial charge on any atom is -0.397 e. The first-order chi connectivity index (χ1) is 7.69. The van der Waals surface area contributed by atoms with Crippen LogP contribution in [0.3, 0.4) is 0 Å². The second-order valence-corrected chi connectivity index (χ2v) is 3.65. The van der Waals surface area contributed by atoms with E-state index in [1.54, 1.807) is 17.1 Å². The third-order valence-electron chi connectivity index (χ3n) is 2.28. The quantitative estimate of drug-likeness (QED) is 0.821. The van der Waals surface area contributed by atoms with Crippen molar-refractivity contribution in [2.45, 2.75) is 13.3 Å². The van der Waals surface area contributed by atoms with Gasteiger partial charge in [-0.1, -0.05) is 6.92 Å². The smallest absolute Gasteiger partial charge is 0.0856 e. The molecule has 2 aromatic rings. The molecule has 0 aliphatic carbocycles. The van der Waals surface area contributed by atoms with Gasteiger partial charge < -0.3 is 11.1 Å². The number of nitrogens with one attached hydrogen (secondary N) is 1. The largest absolute Gasteiger partial charge is 0.397 e. The Kier molecular flexibility index (Phi) is 2.76. The van der Waals surface area contributed by atoms with E-state index in [-0.39, 0.29) is 0 Å². The predicted molar refractivity (Wildman–Crippen MR) is 64.5 cm³/mol. The van der Waals surface area contributed by atoms with Crippen molar-refractivity contribution in [2.75, 3.05) is 11.1 Å². The number of pyridine rings is 1. The number of aryl methyl sites for hydroxylation is 2. The van der Waals surface area contributed by atoms with E-state index in [9.17, 15) is 0 Å². The summed E-state index contributed by atoms with van der Waals surface area (Å²) in [5.74, 6) is 0. The number of nitrogen functional groups attached to an aromatic ring is 1. The molecule has 0 bridgehead atoms. The Bertz CT molecular complexity index is 489. The van der Waals surface area contributed by atoms with E-state index >= 15 is 0 Å². The van der Waals surface area contributed by atoms with Crippen molar-refractivity contribution in [1.29, 1.82) is 0 Å². The Labute approximate surface area is 94.3 Å². The van der Waals surface area contributed by atoms with E-state index in [0.29, 0.717) is 5.69 Å². The fraction of sp³-hybridized carbons (Fsp3) is 0.273. The van der Waals surface area contributed by atoms with Gasteiger partial charge in [0.05, 0.1) is 29.0 Å². The van der Waals surface area contributed by atoms with Gasteiger partial charge in [-0.05, 0) is 12.5 Å². The Morgan fingerprint density at radius 2 is 2.25 bits per heavy atom. The van der Waals surface area contributed by atoms with E-state index in [4.69, 9.17) is 5.73 Å². The Morgan fingerprint density at radius 3 is 2.94 bits per heavy atom. The normalized spacial score (nSPS) is 10.4. The zero-order chi connectivity index (χ0) is 11.5. The van der Waals surface area contributed by atoms with Crippen LogP contribution in [-0.2, 0) is 13.5 Å². The molecule has 0 saturated heterocycles. The third-order valence-corrected chi connectivity index (χ3v) is 2.28. The van der Waals surface area contributed by atoms with Gasteiger partial charge in [0.15, 0.2) is 0 Å². The maximum atomic E-state index is 5.66. The number of nitrogens with two attached hydrogens (primary N) is 1. The summed E-state index contributed by atoms with van der Waals surface area (Å²) in [5, 5.41) is 7.61. The summed E-state index contributed by atoms with van der Waals surface area (Å²) >= 11 is 0. The minimum atomic E-state index is 0.645. The Hall–Kier alpha value is -2.04. The second kappa shape index (κ2) is 4.22. The van der Waals surface area contributed by atoms with Crippen molar-refractivity contribution in [3.8, 4) is 0 Å². The zero-order valence-corrected chi connectivity index (χ0v) is 9.44. The average molecular weight is 217 g/mol. The summed E-state index contributed by atoms with van der Waals surface area (Å²) in [4.78, 5) is 4.03. The third kappa shape index (κ3) is 2.13. The zero-order valence-electron chi connectivity index (χ0n) is 9.44. The van der Waals surface area contributed by atoms with Gasteiger partial charge in [-0.2, -0.15) is 5.10 Å². The molecule has 0 aromatic carbocycles. The highest BCUT2D eigenvalue weighted by molar-refractivity contribution is 5.63. The molecule has 16 heavy (non-hydrogen) atoms. The average Bonchev–Trinajstić information content (AvgIpc) is 2.59. The Balaban J connectivity index is 2.26. The molecule has 0 radical (unpaired) electrons. The lowest BCUT2D eigenvalue weighted by molar-refractivity contribution is 0.746. The van der Waals surface area contributed by atoms with E-state index < -0.39 is 0 Å². The summed E-state index contributed by atoms with van der Waals surface area (Å²) in [6, 6.07) is 1.85. The van der Waals surface area contributed by atoms with Gasteiger partial charge in [-0.3, -0.25) is 9.67 Å². The van der Waals surface area contributed by atoms with Gasteiger partial charge in [0.1, 0.15) is 0 Å². The second-order valence-electron chi connectivity index (χ2n) is 3.65. The van der Waals surface area contributed by atoms with E-state index in [0.717, 1.165) is 23.5 Å². The molecule has 0 unspecified atom stereocenters. The molecule has 2 aromatic heterocycles. The number of rotatable bonds is 3. The van der Waals surface area contributed by atoms with Gasteiger partial charge in [-0.25, -0.2) is 0 Å². The lowest BCUT2D eigenvalue weighted by atomic mass is 10.3. The molecule has 0 aliphatic rings. The van der Waals surface area contributed by atoms with Crippen LogP contribution in [0.25, 0.3) is 0 Å². The summed E-state index contributed by atoms with van der Waals surface area (Å²) in [5.41, 5.74) is 9.22. The van der Waals surface area contributed by atoms with Crippen LogP contribution in [-0.4, -0.2) is 14.8 Å². The molecule has 0 aliphatic heterocycles. The molecule has 0 saturated carbocycles. The number of anilines is 3. The molecule has 5 heteroatoms. The highest BCUT2D eigenvalue weighted by atomic mass is 15.3. The van der Waals surface area contributed by atoms with Gasteiger partial charge >= 0.3 is 0 Å². The molecule has 3 N–H and O–H groups in total. The van der Waals surface area contributed by atoms with E-state index in [1.165, 1.54) is 0 Å². The van der Waals surface area contributed by atoms with E-state index in [2.05, 4.69) is 22.3 Å². The summed E-state index contributed by atoms with van der Waals surface area (Å²) < 4.78 is 1.79. The van der Waals surface area contributed by atoms with Crippen molar-refractivity contribution in [2.24, 2.45) is 7.05 Å². The van der Waals surface area contributed by atoms with Gasteiger partial charge in [0, 0.05) is 19.4 Å². The number of hydrogen-bond donors (Lipinski definition) is 2. The molecule has 0 fully saturated rings. The fourth-order valence-corrected chi connectivity index (χ4v) is 1.58. The van der Waals surface area contributed by atoms with Crippen LogP contribution in [0.1, 0.15) is 12.6 Å². The van der Waals surface area contributed by atoms with Crippen molar-refractivity contribution >= 4 is 17.1 Å². The van der Waals surface area contributed by atoms with Crippen LogP contribution in [0.15, 0.2) is 24.7 Å². The standard InChI is InChI=1S/C11H15N5/c1-3-10-11(7-16(2)15-10)14-9-4-8(12)5-13-6-9/h4-7,14H,3,12H2,1-2H3. The highest BCUT2D eigenvalue weighted by Crippen LogP contribution is 2.20. The number of aromatic nitrogens is 3. The van der Waals surface area contributed by atoms with Crippen LogP contribution in [0, 0.1) is 0 Å². The molecule has 2 heterocycles. The number of nitrogens with zero attached hydrogens (tertiary/aromatic N) is 3. The van der Waals surface area contributed by atoms with Crippen molar-refractivity contribution in [1.82, 2.24) is 14.8 Å². The molecule has 2 rings (SSSR count). The molecule has 5 nitrogen and oxygen atoms in total. The molecule has 84 valence electrons. The minimum absolute atomic E-state index is 0.645. The van der Waals surface area contributed by atoms with Crippen molar-refractivity contribution in [3.05, 3.63) is 30.4 Å². The van der Waals surface area contributed by atoms with Gasteiger partial charge in [0.25, 0.3) is 0 Å².